The van der Waals surface area contributed by atoms with Crippen LogP contribution in [0.15, 0.2) is 41.4 Å². The summed E-state index contributed by atoms with van der Waals surface area (Å²) in [6.07, 6.45) is 0.235. The zero-order valence-corrected chi connectivity index (χ0v) is 13.0. The molecule has 118 valence electrons. The molecule has 0 spiro atoms. The Labute approximate surface area is 128 Å². The van der Waals surface area contributed by atoms with Gasteiger partial charge in [0.25, 0.3) is 0 Å². The second-order valence-electron chi connectivity index (χ2n) is 5.20. The predicted molar refractivity (Wildman–Crippen MR) is 80.5 cm³/mol. The molecule has 1 aromatic carbocycles. The number of fused-ring (bicyclic) bond motifs is 1. The van der Waals surface area contributed by atoms with Crippen molar-refractivity contribution in [2.24, 2.45) is 0 Å². The van der Waals surface area contributed by atoms with Crippen molar-refractivity contribution < 1.29 is 21.9 Å². The number of nitrogens with one attached hydrogen (secondary N) is 1. The highest BCUT2D eigenvalue weighted by Crippen LogP contribution is 2.22. The SMILES string of the molecule is O=S1(=O)C[C@H](NS(=O)(=O)c2cccc3cccnc23)[C@@H](O)C1. The third-order valence-corrected chi connectivity index (χ3v) is 6.75. The minimum Gasteiger partial charge on any atom is -0.390 e. The van der Waals surface area contributed by atoms with Crippen LogP contribution in [0.5, 0.6) is 0 Å². The van der Waals surface area contributed by atoms with Crippen molar-refractivity contribution in [2.75, 3.05) is 11.5 Å². The number of pyridine rings is 1. The molecule has 2 atom stereocenters. The fraction of sp³-hybridized carbons (Fsp3) is 0.308. The topological polar surface area (TPSA) is 113 Å². The van der Waals surface area contributed by atoms with E-state index in [-0.39, 0.29) is 4.90 Å². The van der Waals surface area contributed by atoms with Crippen LogP contribution in [0, 0.1) is 0 Å². The third kappa shape index (κ3) is 2.84. The monoisotopic (exact) mass is 342 g/mol. The van der Waals surface area contributed by atoms with Crippen molar-refractivity contribution in [3.8, 4) is 0 Å². The normalized spacial score (nSPS) is 24.6. The summed E-state index contributed by atoms with van der Waals surface area (Å²) in [5.41, 5.74) is 0.299. The summed E-state index contributed by atoms with van der Waals surface area (Å²) in [5.74, 6) is -0.848. The standard InChI is InChI=1S/C13H14N2O5S2/c16-11-8-21(17,18)7-10(11)15-22(19,20)12-5-1-3-9-4-2-6-14-13(9)12/h1-6,10-11,15-16H,7-8H2/t10-,11-/m0/s1. The van der Waals surface area contributed by atoms with Crippen LogP contribution in [-0.2, 0) is 19.9 Å². The molecule has 2 N–H and O–H groups in total. The van der Waals surface area contributed by atoms with Crippen LogP contribution in [0.25, 0.3) is 10.9 Å². The number of benzene rings is 1. The zero-order chi connectivity index (χ0) is 16.0. The van der Waals surface area contributed by atoms with Crippen LogP contribution < -0.4 is 4.72 Å². The molecule has 1 aliphatic rings. The Kier molecular flexibility index (Phi) is 3.68. The molecule has 7 nitrogen and oxygen atoms in total. The van der Waals surface area contributed by atoms with E-state index in [9.17, 15) is 21.9 Å². The van der Waals surface area contributed by atoms with Gasteiger partial charge in [0.1, 0.15) is 4.90 Å². The number of sulfonamides is 1. The quantitative estimate of drug-likeness (QED) is 0.790. The molecule has 1 aliphatic heterocycles. The second kappa shape index (κ2) is 5.27. The highest BCUT2D eigenvalue weighted by Gasteiger charge is 2.39. The van der Waals surface area contributed by atoms with Crippen molar-refractivity contribution in [2.45, 2.75) is 17.0 Å². The predicted octanol–water partition coefficient (Wildman–Crippen LogP) is -0.329. The number of nitrogens with zero attached hydrogens (tertiary/aromatic N) is 1. The summed E-state index contributed by atoms with van der Waals surface area (Å²) >= 11 is 0. The number of aromatic nitrogens is 1. The number of aliphatic hydroxyl groups is 1. The molecular formula is C13H14N2O5S2. The van der Waals surface area contributed by atoms with E-state index in [0.29, 0.717) is 10.9 Å². The lowest BCUT2D eigenvalue weighted by Crippen LogP contribution is -2.42. The number of hydrogen-bond donors (Lipinski definition) is 2. The number of para-hydroxylation sites is 1. The number of rotatable bonds is 3. The van der Waals surface area contributed by atoms with Crippen molar-refractivity contribution in [3.63, 3.8) is 0 Å². The second-order valence-corrected chi connectivity index (χ2v) is 9.04. The lowest BCUT2D eigenvalue weighted by Gasteiger charge is -2.15. The maximum Gasteiger partial charge on any atom is 0.243 e. The first-order valence-corrected chi connectivity index (χ1v) is 9.83. The summed E-state index contributed by atoms with van der Waals surface area (Å²) in [6.45, 7) is 0. The first-order chi connectivity index (χ1) is 10.3. The van der Waals surface area contributed by atoms with Gasteiger partial charge in [0.2, 0.25) is 10.0 Å². The Morgan fingerprint density at radius 1 is 1.18 bits per heavy atom. The van der Waals surface area contributed by atoms with Crippen LogP contribution in [0.4, 0.5) is 0 Å². The average molecular weight is 342 g/mol. The van der Waals surface area contributed by atoms with E-state index in [1.807, 2.05) is 0 Å². The Morgan fingerprint density at radius 3 is 2.59 bits per heavy atom. The van der Waals surface area contributed by atoms with Crippen molar-refractivity contribution >= 4 is 30.8 Å². The van der Waals surface area contributed by atoms with Crippen molar-refractivity contribution in [1.29, 1.82) is 0 Å². The van der Waals surface area contributed by atoms with Gasteiger partial charge in [-0.15, -0.1) is 0 Å². The maximum absolute atomic E-state index is 12.5. The van der Waals surface area contributed by atoms with Crippen molar-refractivity contribution in [1.82, 2.24) is 9.71 Å². The van der Waals surface area contributed by atoms with Crippen LogP contribution in [0.1, 0.15) is 0 Å². The summed E-state index contributed by atoms with van der Waals surface area (Å²) < 4.78 is 50.2. The first-order valence-electron chi connectivity index (χ1n) is 6.53. The summed E-state index contributed by atoms with van der Waals surface area (Å²) in [6, 6.07) is 7.09. The molecule has 0 amide bonds. The Morgan fingerprint density at radius 2 is 1.91 bits per heavy atom. The Balaban J connectivity index is 1.99. The lowest BCUT2D eigenvalue weighted by atomic mass is 10.2. The largest absolute Gasteiger partial charge is 0.390 e. The average Bonchev–Trinajstić information content (AvgIpc) is 2.70. The smallest absolute Gasteiger partial charge is 0.243 e. The molecule has 22 heavy (non-hydrogen) atoms. The van der Waals surface area contributed by atoms with E-state index >= 15 is 0 Å². The van der Waals surface area contributed by atoms with E-state index in [1.54, 1.807) is 24.3 Å². The first kappa shape index (κ1) is 15.3. The van der Waals surface area contributed by atoms with Gasteiger partial charge >= 0.3 is 0 Å². The van der Waals surface area contributed by atoms with Crippen LogP contribution in [0.3, 0.4) is 0 Å². The van der Waals surface area contributed by atoms with Gasteiger partial charge in [-0.1, -0.05) is 18.2 Å². The molecule has 0 saturated carbocycles. The molecule has 0 aliphatic carbocycles. The summed E-state index contributed by atoms with van der Waals surface area (Å²) in [7, 11) is -7.42. The van der Waals surface area contributed by atoms with Gasteiger partial charge in [-0.2, -0.15) is 0 Å². The lowest BCUT2D eigenvalue weighted by molar-refractivity contribution is 0.176. The number of sulfone groups is 1. The van der Waals surface area contributed by atoms with E-state index in [2.05, 4.69) is 9.71 Å². The van der Waals surface area contributed by atoms with Crippen LogP contribution in [0.2, 0.25) is 0 Å². The van der Waals surface area contributed by atoms with Gasteiger partial charge in [-0.05, 0) is 12.1 Å². The minimum absolute atomic E-state index is 0.0397. The molecule has 2 aromatic rings. The van der Waals surface area contributed by atoms with Crippen molar-refractivity contribution in [3.05, 3.63) is 36.5 Å². The van der Waals surface area contributed by atoms with Gasteiger partial charge in [0, 0.05) is 11.6 Å². The Bertz CT molecular complexity index is 919. The fourth-order valence-corrected chi connectivity index (χ4v) is 5.79. The molecule has 0 bridgehead atoms. The van der Waals surface area contributed by atoms with Crippen LogP contribution >= 0.6 is 0 Å². The summed E-state index contributed by atoms with van der Waals surface area (Å²) in [5, 5.41) is 10.4. The van der Waals surface area contributed by atoms with Gasteiger partial charge < -0.3 is 5.11 Å². The maximum atomic E-state index is 12.5. The molecule has 0 unspecified atom stereocenters. The molecule has 9 heteroatoms. The van der Waals surface area contributed by atoms with E-state index in [4.69, 9.17) is 0 Å². The van der Waals surface area contributed by atoms with Gasteiger partial charge in [0.15, 0.2) is 9.84 Å². The number of hydrogen-bond acceptors (Lipinski definition) is 6. The highest BCUT2D eigenvalue weighted by molar-refractivity contribution is 7.92. The third-order valence-electron chi connectivity index (χ3n) is 3.51. The van der Waals surface area contributed by atoms with Gasteiger partial charge in [0.05, 0.1) is 29.2 Å². The van der Waals surface area contributed by atoms with Gasteiger partial charge in [-0.25, -0.2) is 21.6 Å². The molecule has 2 heterocycles. The minimum atomic E-state index is -3.99. The van der Waals surface area contributed by atoms with Crippen LogP contribution in [-0.4, -0.2) is 50.6 Å². The van der Waals surface area contributed by atoms with Gasteiger partial charge in [-0.3, -0.25) is 4.98 Å². The molecule has 1 aromatic heterocycles. The molecule has 0 radical (unpaired) electrons. The Hall–Kier alpha value is -1.55. The van der Waals surface area contributed by atoms with E-state index in [0.717, 1.165) is 0 Å². The molecular weight excluding hydrogens is 328 g/mol. The molecule has 3 rings (SSSR count). The fourth-order valence-electron chi connectivity index (χ4n) is 2.50. The molecule has 1 saturated heterocycles. The number of aliphatic hydroxyl groups excluding tert-OH is 1. The molecule has 1 fully saturated rings. The van der Waals surface area contributed by atoms with E-state index in [1.165, 1.54) is 12.3 Å². The van der Waals surface area contributed by atoms with E-state index < -0.39 is 43.5 Å². The highest BCUT2D eigenvalue weighted by atomic mass is 32.2. The summed E-state index contributed by atoms with van der Waals surface area (Å²) in [4.78, 5) is 4.03. The zero-order valence-electron chi connectivity index (χ0n) is 11.4.